The lowest BCUT2D eigenvalue weighted by Crippen LogP contribution is -2.42. The summed E-state index contributed by atoms with van der Waals surface area (Å²) in [4.78, 5) is 33.6. The van der Waals surface area contributed by atoms with Gasteiger partial charge in [0, 0.05) is 11.6 Å². The molecule has 124 valence electrons. The molecule has 0 saturated heterocycles. The van der Waals surface area contributed by atoms with Crippen molar-refractivity contribution >= 4 is 24.0 Å². The van der Waals surface area contributed by atoms with Crippen molar-refractivity contribution in [3.05, 3.63) is 29.8 Å². The molecular formula is C15H18N2O6. The summed E-state index contributed by atoms with van der Waals surface area (Å²) in [6.07, 6.45) is 1.43. The second kappa shape index (κ2) is 8.42. The van der Waals surface area contributed by atoms with Crippen LogP contribution < -0.4 is 20.5 Å². The summed E-state index contributed by atoms with van der Waals surface area (Å²) in [6.45, 7) is 1.32. The van der Waals surface area contributed by atoms with Crippen molar-refractivity contribution in [3.8, 4) is 11.5 Å². The Morgan fingerprint density at radius 2 is 1.91 bits per heavy atom. The minimum absolute atomic E-state index is 0.457. The Morgan fingerprint density at radius 3 is 2.48 bits per heavy atom. The summed E-state index contributed by atoms with van der Waals surface area (Å²) < 4.78 is 15.2. The fourth-order valence-electron chi connectivity index (χ4n) is 1.69. The molecule has 0 aromatic heterocycles. The lowest BCUT2D eigenvalue weighted by Gasteiger charge is -2.11. The Bertz CT molecular complexity index is 626. The molecule has 1 atom stereocenters. The van der Waals surface area contributed by atoms with Crippen molar-refractivity contribution in [2.75, 3.05) is 14.2 Å². The maximum Gasteiger partial charge on any atom is 0.331 e. The van der Waals surface area contributed by atoms with E-state index in [2.05, 4.69) is 0 Å². The highest BCUT2D eigenvalue weighted by Crippen LogP contribution is 2.31. The second-order valence-electron chi connectivity index (χ2n) is 4.35. The van der Waals surface area contributed by atoms with Crippen LogP contribution in [0.1, 0.15) is 12.5 Å². The minimum atomic E-state index is -1.16. The summed E-state index contributed by atoms with van der Waals surface area (Å²) in [6, 6.07) is 4.14. The summed E-state index contributed by atoms with van der Waals surface area (Å²) in [5.41, 5.74) is 5.40. The standard InChI is InChI=1S/C15H18N2O6/c1-9(14(19)17-15(16)20)23-12(18)8-7-10-5-4-6-11(21-2)13(10)22-3/h4-9H,1-3H3,(H3,16,17,19,20)/b8-7+/t9-/m0/s1. The lowest BCUT2D eigenvalue weighted by molar-refractivity contribution is -0.149. The van der Waals surface area contributed by atoms with Crippen molar-refractivity contribution < 1.29 is 28.6 Å². The molecule has 3 N–H and O–H groups in total. The van der Waals surface area contributed by atoms with Crippen LogP contribution in [0.15, 0.2) is 24.3 Å². The monoisotopic (exact) mass is 322 g/mol. The third-order valence-electron chi connectivity index (χ3n) is 2.74. The van der Waals surface area contributed by atoms with Gasteiger partial charge >= 0.3 is 12.0 Å². The Hall–Kier alpha value is -3.03. The summed E-state index contributed by atoms with van der Waals surface area (Å²) in [7, 11) is 2.97. The molecule has 8 nitrogen and oxygen atoms in total. The third-order valence-corrected chi connectivity index (χ3v) is 2.74. The van der Waals surface area contributed by atoms with Crippen LogP contribution in [0.2, 0.25) is 0 Å². The highest BCUT2D eigenvalue weighted by atomic mass is 16.5. The van der Waals surface area contributed by atoms with Gasteiger partial charge in [-0.15, -0.1) is 0 Å². The van der Waals surface area contributed by atoms with Crippen LogP contribution in [0.25, 0.3) is 6.08 Å². The van der Waals surface area contributed by atoms with Gasteiger partial charge in [-0.05, 0) is 19.1 Å². The fraction of sp³-hybridized carbons (Fsp3) is 0.267. The van der Waals surface area contributed by atoms with E-state index in [0.29, 0.717) is 17.1 Å². The molecule has 0 fully saturated rings. The first-order valence-corrected chi connectivity index (χ1v) is 6.59. The van der Waals surface area contributed by atoms with Gasteiger partial charge < -0.3 is 19.9 Å². The van der Waals surface area contributed by atoms with E-state index in [4.69, 9.17) is 19.9 Å². The Morgan fingerprint density at radius 1 is 1.22 bits per heavy atom. The van der Waals surface area contributed by atoms with Gasteiger partial charge in [-0.1, -0.05) is 12.1 Å². The number of methoxy groups -OCH3 is 2. The van der Waals surface area contributed by atoms with Crippen molar-refractivity contribution in [2.45, 2.75) is 13.0 Å². The number of ether oxygens (including phenoxy) is 3. The van der Waals surface area contributed by atoms with Crippen LogP contribution in [-0.2, 0) is 14.3 Å². The number of primary amides is 1. The number of benzene rings is 1. The van der Waals surface area contributed by atoms with E-state index in [0.717, 1.165) is 6.08 Å². The third kappa shape index (κ3) is 5.34. The summed E-state index contributed by atoms with van der Waals surface area (Å²) in [5, 5.41) is 1.82. The topological polar surface area (TPSA) is 117 Å². The van der Waals surface area contributed by atoms with Gasteiger partial charge in [-0.25, -0.2) is 9.59 Å². The van der Waals surface area contributed by atoms with E-state index in [1.54, 1.807) is 18.2 Å². The highest BCUT2D eigenvalue weighted by Gasteiger charge is 2.17. The number of nitrogens with one attached hydrogen (secondary N) is 1. The number of hydrogen-bond acceptors (Lipinski definition) is 6. The molecule has 3 amide bonds. The number of esters is 1. The number of hydrogen-bond donors (Lipinski definition) is 2. The van der Waals surface area contributed by atoms with Gasteiger partial charge in [0.25, 0.3) is 5.91 Å². The van der Waals surface area contributed by atoms with Crippen molar-refractivity contribution in [1.82, 2.24) is 5.32 Å². The molecule has 0 bridgehead atoms. The quantitative estimate of drug-likeness (QED) is 0.592. The first-order chi connectivity index (χ1) is 10.9. The number of carbonyl (C=O) groups excluding carboxylic acids is 3. The average molecular weight is 322 g/mol. The van der Waals surface area contributed by atoms with Gasteiger partial charge in [-0.3, -0.25) is 10.1 Å². The van der Waals surface area contributed by atoms with Crippen LogP contribution in [0.3, 0.4) is 0 Å². The van der Waals surface area contributed by atoms with Crippen LogP contribution in [0.4, 0.5) is 4.79 Å². The van der Waals surface area contributed by atoms with Gasteiger partial charge in [0.05, 0.1) is 14.2 Å². The number of amides is 3. The largest absolute Gasteiger partial charge is 0.493 e. The van der Waals surface area contributed by atoms with E-state index in [9.17, 15) is 14.4 Å². The lowest BCUT2D eigenvalue weighted by atomic mass is 10.1. The van der Waals surface area contributed by atoms with Crippen LogP contribution in [0.5, 0.6) is 11.5 Å². The van der Waals surface area contributed by atoms with Crippen LogP contribution in [-0.4, -0.2) is 38.2 Å². The second-order valence-corrected chi connectivity index (χ2v) is 4.35. The Labute approximate surface area is 133 Å². The predicted octanol–water partition coefficient (Wildman–Crippen LogP) is 0.844. The van der Waals surface area contributed by atoms with Crippen molar-refractivity contribution in [3.63, 3.8) is 0 Å². The van der Waals surface area contributed by atoms with Crippen LogP contribution in [0, 0.1) is 0 Å². The smallest absolute Gasteiger partial charge is 0.331 e. The Balaban J connectivity index is 2.76. The molecule has 1 aromatic rings. The molecule has 1 rings (SSSR count). The van der Waals surface area contributed by atoms with Crippen LogP contribution >= 0.6 is 0 Å². The average Bonchev–Trinajstić information content (AvgIpc) is 2.51. The molecule has 0 radical (unpaired) electrons. The zero-order valence-electron chi connectivity index (χ0n) is 13.0. The van der Waals surface area contributed by atoms with E-state index in [1.165, 1.54) is 27.2 Å². The molecular weight excluding hydrogens is 304 g/mol. The molecule has 0 saturated carbocycles. The summed E-state index contributed by atoms with van der Waals surface area (Å²) in [5.74, 6) is -0.601. The first kappa shape index (κ1) is 18.0. The normalized spacial score (nSPS) is 11.6. The van der Waals surface area contributed by atoms with Gasteiger partial charge in [-0.2, -0.15) is 0 Å². The molecule has 0 aliphatic carbocycles. The zero-order valence-corrected chi connectivity index (χ0v) is 13.0. The number of nitrogens with two attached hydrogens (primary N) is 1. The molecule has 0 heterocycles. The number of urea groups is 1. The van der Waals surface area contributed by atoms with E-state index in [-0.39, 0.29) is 0 Å². The molecule has 1 aromatic carbocycles. The maximum atomic E-state index is 11.7. The molecule has 0 aliphatic rings. The molecule has 8 heteroatoms. The number of rotatable bonds is 6. The molecule has 0 spiro atoms. The maximum absolute atomic E-state index is 11.7. The molecule has 0 unspecified atom stereocenters. The van der Waals surface area contributed by atoms with Crippen molar-refractivity contribution in [1.29, 1.82) is 0 Å². The van der Waals surface area contributed by atoms with Gasteiger partial charge in [0.1, 0.15) is 0 Å². The van der Waals surface area contributed by atoms with Gasteiger partial charge in [0.15, 0.2) is 17.6 Å². The number of imide groups is 1. The van der Waals surface area contributed by atoms with Gasteiger partial charge in [0.2, 0.25) is 0 Å². The van der Waals surface area contributed by atoms with E-state index in [1.807, 2.05) is 5.32 Å². The molecule has 23 heavy (non-hydrogen) atoms. The first-order valence-electron chi connectivity index (χ1n) is 6.59. The zero-order chi connectivity index (χ0) is 17.4. The summed E-state index contributed by atoms with van der Waals surface area (Å²) >= 11 is 0. The fourth-order valence-corrected chi connectivity index (χ4v) is 1.69. The predicted molar refractivity (Wildman–Crippen MR) is 81.9 cm³/mol. The van der Waals surface area contributed by atoms with E-state index >= 15 is 0 Å². The minimum Gasteiger partial charge on any atom is -0.493 e. The molecule has 0 aliphatic heterocycles. The number of carbonyl (C=O) groups is 3. The highest BCUT2D eigenvalue weighted by molar-refractivity contribution is 5.97. The number of para-hydroxylation sites is 1. The Kier molecular flexibility index (Phi) is 6.60. The van der Waals surface area contributed by atoms with E-state index < -0.39 is 24.0 Å². The SMILES string of the molecule is COc1cccc(/C=C/C(=O)O[C@@H](C)C(=O)NC(N)=O)c1OC. The van der Waals surface area contributed by atoms with Crippen molar-refractivity contribution in [2.24, 2.45) is 5.73 Å².